The lowest BCUT2D eigenvalue weighted by Gasteiger charge is -2.26. The lowest BCUT2D eigenvalue weighted by molar-refractivity contribution is 0.558. The van der Waals surface area contributed by atoms with Gasteiger partial charge in [0.25, 0.3) is 0 Å². The van der Waals surface area contributed by atoms with Crippen molar-refractivity contribution in [3.05, 3.63) is 70.4 Å². The van der Waals surface area contributed by atoms with Crippen molar-refractivity contribution in [1.82, 2.24) is 10.3 Å². The van der Waals surface area contributed by atoms with Crippen LogP contribution in [0.1, 0.15) is 34.0 Å². The van der Waals surface area contributed by atoms with Crippen LogP contribution in [0.3, 0.4) is 0 Å². The van der Waals surface area contributed by atoms with Gasteiger partial charge in [0.2, 0.25) is 0 Å². The number of aromatic amines is 1. The van der Waals surface area contributed by atoms with Crippen LogP contribution in [0.15, 0.2) is 42.5 Å². The first kappa shape index (κ1) is 12.7. The van der Waals surface area contributed by atoms with E-state index < -0.39 is 0 Å². The molecule has 0 spiro atoms. The van der Waals surface area contributed by atoms with Crippen LogP contribution in [0.5, 0.6) is 0 Å². The van der Waals surface area contributed by atoms with Crippen LogP contribution < -0.4 is 5.32 Å². The van der Waals surface area contributed by atoms with Crippen LogP contribution in [0.25, 0.3) is 10.9 Å². The van der Waals surface area contributed by atoms with Crippen LogP contribution in [-0.4, -0.2) is 11.5 Å². The van der Waals surface area contributed by atoms with E-state index >= 15 is 0 Å². The van der Waals surface area contributed by atoms with Crippen molar-refractivity contribution in [2.45, 2.75) is 26.3 Å². The third-order valence-corrected chi connectivity index (χ3v) is 4.61. The highest BCUT2D eigenvalue weighted by molar-refractivity contribution is 5.86. The summed E-state index contributed by atoms with van der Waals surface area (Å²) in [5.41, 5.74) is 8.14. The molecule has 1 aliphatic rings. The lowest BCUT2D eigenvalue weighted by atomic mass is 9.92. The Bertz CT molecular complexity index is 814. The van der Waals surface area contributed by atoms with Crippen molar-refractivity contribution < 1.29 is 0 Å². The summed E-state index contributed by atoms with van der Waals surface area (Å²) in [5, 5.41) is 5.07. The van der Waals surface area contributed by atoms with Gasteiger partial charge in [0.1, 0.15) is 0 Å². The summed E-state index contributed by atoms with van der Waals surface area (Å²) in [4.78, 5) is 3.66. The Kier molecular flexibility index (Phi) is 2.86. The molecule has 2 heteroatoms. The fourth-order valence-corrected chi connectivity index (χ4v) is 3.52. The molecule has 2 nitrogen and oxygen atoms in total. The van der Waals surface area contributed by atoms with Crippen molar-refractivity contribution in [1.29, 1.82) is 0 Å². The minimum absolute atomic E-state index is 0.280. The Morgan fingerprint density at radius 3 is 2.76 bits per heavy atom. The summed E-state index contributed by atoms with van der Waals surface area (Å²) in [6, 6.07) is 15.6. The molecule has 0 saturated carbocycles. The first-order valence-electron chi connectivity index (χ1n) is 7.64. The predicted molar refractivity (Wildman–Crippen MR) is 87.8 cm³/mol. The molecule has 1 aromatic heterocycles. The van der Waals surface area contributed by atoms with Gasteiger partial charge in [-0.15, -0.1) is 0 Å². The number of fused-ring (bicyclic) bond motifs is 3. The quantitative estimate of drug-likeness (QED) is 0.690. The van der Waals surface area contributed by atoms with E-state index in [1.165, 1.54) is 38.9 Å². The number of hydrogen-bond acceptors (Lipinski definition) is 1. The standard InChI is InChI=1S/C19H20N2/c1-12-7-8-17-16(11-12)15-9-10-20-18(19(15)21-17)14-6-4-3-5-13(14)2/h3-8,11,18,20-21H,9-10H2,1-2H3/t18-/m1/s1. The number of aromatic nitrogens is 1. The molecule has 3 aromatic rings. The largest absolute Gasteiger partial charge is 0.357 e. The molecule has 0 fully saturated rings. The Balaban J connectivity index is 1.92. The van der Waals surface area contributed by atoms with Gasteiger partial charge in [-0.1, -0.05) is 35.9 Å². The summed E-state index contributed by atoms with van der Waals surface area (Å²) >= 11 is 0. The maximum absolute atomic E-state index is 3.68. The monoisotopic (exact) mass is 276 g/mol. The van der Waals surface area contributed by atoms with E-state index in [1.807, 2.05) is 0 Å². The second-order valence-electron chi connectivity index (χ2n) is 6.06. The van der Waals surface area contributed by atoms with Crippen molar-refractivity contribution in [2.75, 3.05) is 6.54 Å². The average molecular weight is 276 g/mol. The third-order valence-electron chi connectivity index (χ3n) is 4.61. The van der Waals surface area contributed by atoms with E-state index in [4.69, 9.17) is 0 Å². The number of benzene rings is 2. The van der Waals surface area contributed by atoms with Gasteiger partial charge in [0.15, 0.2) is 0 Å². The number of hydrogen-bond donors (Lipinski definition) is 2. The fourth-order valence-electron chi connectivity index (χ4n) is 3.52. The molecular formula is C19H20N2. The average Bonchev–Trinajstić information content (AvgIpc) is 2.86. The highest BCUT2D eigenvalue weighted by Gasteiger charge is 2.25. The topological polar surface area (TPSA) is 27.8 Å². The Morgan fingerprint density at radius 1 is 1.05 bits per heavy atom. The minimum Gasteiger partial charge on any atom is -0.357 e. The van der Waals surface area contributed by atoms with E-state index in [-0.39, 0.29) is 6.04 Å². The molecule has 0 radical (unpaired) electrons. The third kappa shape index (κ3) is 1.98. The van der Waals surface area contributed by atoms with E-state index in [1.54, 1.807) is 0 Å². The molecule has 0 amide bonds. The van der Waals surface area contributed by atoms with Gasteiger partial charge in [-0.05, 0) is 49.1 Å². The van der Waals surface area contributed by atoms with E-state index in [0.717, 1.165) is 13.0 Å². The Hall–Kier alpha value is -2.06. The second kappa shape index (κ2) is 4.74. The Labute approximate surface area is 125 Å². The Morgan fingerprint density at radius 2 is 1.90 bits per heavy atom. The molecule has 1 atom stereocenters. The van der Waals surface area contributed by atoms with E-state index in [9.17, 15) is 0 Å². The molecule has 106 valence electrons. The molecule has 2 heterocycles. The van der Waals surface area contributed by atoms with Crippen LogP contribution in [0.4, 0.5) is 0 Å². The zero-order valence-electron chi connectivity index (χ0n) is 12.5. The lowest BCUT2D eigenvalue weighted by Crippen LogP contribution is -2.30. The van der Waals surface area contributed by atoms with Crippen molar-refractivity contribution in [3.63, 3.8) is 0 Å². The SMILES string of the molecule is Cc1ccc2[nH]c3c(c2c1)CCN[C@@H]3c1ccccc1C. The molecule has 2 aromatic carbocycles. The van der Waals surface area contributed by atoms with E-state index in [0.29, 0.717) is 0 Å². The van der Waals surface area contributed by atoms with Gasteiger partial charge in [-0.25, -0.2) is 0 Å². The molecule has 0 bridgehead atoms. The fraction of sp³-hybridized carbons (Fsp3) is 0.263. The smallest absolute Gasteiger partial charge is 0.0734 e. The minimum atomic E-state index is 0.280. The first-order chi connectivity index (χ1) is 10.2. The van der Waals surface area contributed by atoms with Crippen LogP contribution in [0, 0.1) is 13.8 Å². The molecule has 0 unspecified atom stereocenters. The van der Waals surface area contributed by atoms with Crippen molar-refractivity contribution in [3.8, 4) is 0 Å². The van der Waals surface area contributed by atoms with Crippen molar-refractivity contribution >= 4 is 10.9 Å². The highest BCUT2D eigenvalue weighted by Crippen LogP contribution is 2.34. The van der Waals surface area contributed by atoms with Gasteiger partial charge >= 0.3 is 0 Å². The predicted octanol–water partition coefficient (Wildman–Crippen LogP) is 4.02. The summed E-state index contributed by atoms with van der Waals surface area (Å²) < 4.78 is 0. The van der Waals surface area contributed by atoms with Gasteiger partial charge < -0.3 is 10.3 Å². The van der Waals surface area contributed by atoms with Crippen molar-refractivity contribution in [2.24, 2.45) is 0 Å². The molecule has 4 rings (SSSR count). The number of aryl methyl sites for hydroxylation is 2. The van der Waals surface area contributed by atoms with Crippen LogP contribution in [-0.2, 0) is 6.42 Å². The summed E-state index contributed by atoms with van der Waals surface area (Å²) in [5.74, 6) is 0. The second-order valence-corrected chi connectivity index (χ2v) is 6.06. The first-order valence-corrected chi connectivity index (χ1v) is 7.64. The van der Waals surface area contributed by atoms with Crippen LogP contribution >= 0.6 is 0 Å². The maximum Gasteiger partial charge on any atom is 0.0734 e. The normalized spacial score (nSPS) is 17.9. The molecule has 0 aliphatic carbocycles. The summed E-state index contributed by atoms with van der Waals surface area (Å²) in [6.45, 7) is 5.39. The molecule has 21 heavy (non-hydrogen) atoms. The van der Waals surface area contributed by atoms with Gasteiger partial charge in [-0.2, -0.15) is 0 Å². The zero-order chi connectivity index (χ0) is 14.4. The molecule has 1 aliphatic heterocycles. The number of nitrogens with one attached hydrogen (secondary N) is 2. The highest BCUT2D eigenvalue weighted by atomic mass is 15.0. The maximum atomic E-state index is 3.68. The van der Waals surface area contributed by atoms with Crippen LogP contribution in [0.2, 0.25) is 0 Å². The molecule has 2 N–H and O–H groups in total. The molecular weight excluding hydrogens is 256 g/mol. The summed E-state index contributed by atoms with van der Waals surface area (Å²) in [6.07, 6.45) is 1.10. The molecule has 0 saturated heterocycles. The van der Waals surface area contributed by atoms with Gasteiger partial charge in [-0.3, -0.25) is 0 Å². The van der Waals surface area contributed by atoms with Gasteiger partial charge in [0.05, 0.1) is 6.04 Å². The van der Waals surface area contributed by atoms with E-state index in [2.05, 4.69) is 66.6 Å². The van der Waals surface area contributed by atoms with Gasteiger partial charge in [0, 0.05) is 23.1 Å². The number of rotatable bonds is 1. The summed E-state index contributed by atoms with van der Waals surface area (Å²) in [7, 11) is 0. The number of H-pyrrole nitrogens is 1. The zero-order valence-corrected chi connectivity index (χ0v) is 12.5.